The van der Waals surface area contributed by atoms with Crippen molar-refractivity contribution in [2.75, 3.05) is 26.2 Å². The molecule has 2 fully saturated rings. The fourth-order valence-electron chi connectivity index (χ4n) is 2.87. The van der Waals surface area contributed by atoms with E-state index in [-0.39, 0.29) is 12.5 Å². The van der Waals surface area contributed by atoms with Crippen LogP contribution in [0.5, 0.6) is 5.75 Å². The summed E-state index contributed by atoms with van der Waals surface area (Å²) >= 11 is 0.860. The number of para-hydroxylation sites is 1. The van der Waals surface area contributed by atoms with Crippen LogP contribution in [0.25, 0.3) is 6.08 Å². The van der Waals surface area contributed by atoms with E-state index in [1.54, 1.807) is 11.0 Å². The number of thioether (sulfide) groups is 1. The van der Waals surface area contributed by atoms with E-state index in [9.17, 15) is 14.4 Å². The van der Waals surface area contributed by atoms with Gasteiger partial charge in [0.25, 0.3) is 11.1 Å². The Morgan fingerprint density at radius 1 is 1.24 bits per heavy atom. The maximum absolute atomic E-state index is 12.5. The standard InChI is InChI=1S/C18H20N2O4S/c1-2-24-14-8-4-3-7-13(14)11-15-17(22)20(18(23)25-15)12-16(21)19-9-5-6-10-19/h3-4,7-8,11H,2,5-6,9-10,12H2,1H3/b15-11-. The van der Waals surface area contributed by atoms with Gasteiger partial charge in [0.2, 0.25) is 5.91 Å². The zero-order chi connectivity index (χ0) is 17.8. The molecule has 0 aromatic heterocycles. The first kappa shape index (κ1) is 17.5. The predicted octanol–water partition coefficient (Wildman–Crippen LogP) is 2.74. The maximum Gasteiger partial charge on any atom is 0.294 e. The summed E-state index contributed by atoms with van der Waals surface area (Å²) in [6, 6.07) is 7.34. The third-order valence-electron chi connectivity index (χ3n) is 4.13. The molecular formula is C18H20N2O4S. The maximum atomic E-state index is 12.5. The van der Waals surface area contributed by atoms with Crippen LogP contribution in [0.1, 0.15) is 25.3 Å². The van der Waals surface area contributed by atoms with E-state index < -0.39 is 11.1 Å². The van der Waals surface area contributed by atoms with Crippen molar-refractivity contribution in [3.8, 4) is 5.75 Å². The summed E-state index contributed by atoms with van der Waals surface area (Å²) in [5, 5.41) is -0.405. The molecular weight excluding hydrogens is 340 g/mol. The summed E-state index contributed by atoms with van der Waals surface area (Å²) in [6.07, 6.45) is 3.60. The lowest BCUT2D eigenvalue weighted by Gasteiger charge is -2.18. The second kappa shape index (κ2) is 7.74. The zero-order valence-electron chi connectivity index (χ0n) is 14.1. The Balaban J connectivity index is 1.75. The molecule has 2 aliphatic heterocycles. The van der Waals surface area contributed by atoms with Gasteiger partial charge in [-0.05, 0) is 43.7 Å². The third-order valence-corrected chi connectivity index (χ3v) is 5.04. The summed E-state index contributed by atoms with van der Waals surface area (Å²) in [6.45, 7) is 3.61. The Bertz CT molecular complexity index is 726. The Morgan fingerprint density at radius 2 is 1.96 bits per heavy atom. The van der Waals surface area contributed by atoms with Gasteiger partial charge in [-0.25, -0.2) is 0 Å². The molecule has 2 heterocycles. The molecule has 1 aromatic rings. The Hall–Kier alpha value is -2.28. The summed E-state index contributed by atoms with van der Waals surface area (Å²) in [7, 11) is 0. The first-order valence-corrected chi connectivity index (χ1v) is 9.16. The molecule has 3 rings (SSSR count). The second-order valence-electron chi connectivity index (χ2n) is 5.83. The Morgan fingerprint density at radius 3 is 2.68 bits per heavy atom. The highest BCUT2D eigenvalue weighted by atomic mass is 32.2. The van der Waals surface area contributed by atoms with Gasteiger partial charge in [0.05, 0.1) is 11.5 Å². The van der Waals surface area contributed by atoms with E-state index in [0.717, 1.165) is 35.1 Å². The third kappa shape index (κ3) is 3.87. The number of ether oxygens (including phenoxy) is 1. The quantitative estimate of drug-likeness (QED) is 0.756. The number of nitrogens with zero attached hydrogens (tertiary/aromatic N) is 2. The van der Waals surface area contributed by atoms with Gasteiger partial charge < -0.3 is 9.64 Å². The van der Waals surface area contributed by atoms with Crippen molar-refractivity contribution in [2.45, 2.75) is 19.8 Å². The fourth-order valence-corrected chi connectivity index (χ4v) is 3.70. The van der Waals surface area contributed by atoms with Crippen LogP contribution in [0, 0.1) is 0 Å². The number of hydrogen-bond donors (Lipinski definition) is 0. The fraction of sp³-hybridized carbons (Fsp3) is 0.389. The minimum atomic E-state index is -0.422. The summed E-state index contributed by atoms with van der Waals surface area (Å²) in [4.78, 5) is 40.0. The summed E-state index contributed by atoms with van der Waals surface area (Å²) in [5.74, 6) is 0.0644. The van der Waals surface area contributed by atoms with Crippen LogP contribution in [-0.4, -0.2) is 53.1 Å². The average molecular weight is 360 g/mol. The Kier molecular flexibility index (Phi) is 5.43. The van der Waals surface area contributed by atoms with E-state index >= 15 is 0 Å². The topological polar surface area (TPSA) is 66.9 Å². The molecule has 2 aliphatic rings. The van der Waals surface area contributed by atoms with Gasteiger partial charge in [-0.1, -0.05) is 18.2 Å². The lowest BCUT2D eigenvalue weighted by Crippen LogP contribution is -2.40. The lowest BCUT2D eigenvalue weighted by atomic mass is 10.2. The van der Waals surface area contributed by atoms with Gasteiger partial charge in [0.1, 0.15) is 12.3 Å². The minimum absolute atomic E-state index is 0.171. The van der Waals surface area contributed by atoms with Crippen LogP contribution in [-0.2, 0) is 9.59 Å². The zero-order valence-corrected chi connectivity index (χ0v) is 14.9. The SMILES string of the molecule is CCOc1ccccc1/C=C1\SC(=O)N(CC(=O)N2CCCC2)C1=O. The van der Waals surface area contributed by atoms with Crippen molar-refractivity contribution in [3.05, 3.63) is 34.7 Å². The highest BCUT2D eigenvalue weighted by Gasteiger charge is 2.37. The van der Waals surface area contributed by atoms with Gasteiger partial charge in [-0.15, -0.1) is 0 Å². The molecule has 1 aromatic carbocycles. The van der Waals surface area contributed by atoms with Crippen LogP contribution in [0.3, 0.4) is 0 Å². The lowest BCUT2D eigenvalue weighted by molar-refractivity contribution is -0.135. The van der Waals surface area contributed by atoms with Gasteiger partial charge >= 0.3 is 0 Å². The second-order valence-corrected chi connectivity index (χ2v) is 6.82. The molecule has 25 heavy (non-hydrogen) atoms. The van der Waals surface area contributed by atoms with E-state index in [4.69, 9.17) is 4.74 Å². The van der Waals surface area contributed by atoms with Crippen molar-refractivity contribution >= 4 is 34.9 Å². The number of amides is 3. The number of imide groups is 1. The van der Waals surface area contributed by atoms with Gasteiger partial charge in [0, 0.05) is 18.7 Å². The molecule has 0 unspecified atom stereocenters. The van der Waals surface area contributed by atoms with Crippen LogP contribution in [0.2, 0.25) is 0 Å². The number of rotatable bonds is 5. The Labute approximate surface area is 150 Å². The highest BCUT2D eigenvalue weighted by Crippen LogP contribution is 2.34. The summed E-state index contributed by atoms with van der Waals surface area (Å²) < 4.78 is 5.54. The molecule has 0 atom stereocenters. The smallest absolute Gasteiger partial charge is 0.294 e. The number of benzene rings is 1. The molecule has 6 nitrogen and oxygen atoms in total. The largest absolute Gasteiger partial charge is 0.493 e. The average Bonchev–Trinajstić information content (AvgIpc) is 3.22. The molecule has 0 N–H and O–H groups in total. The van der Waals surface area contributed by atoms with E-state index in [0.29, 0.717) is 30.4 Å². The molecule has 2 saturated heterocycles. The van der Waals surface area contributed by atoms with Gasteiger partial charge in [0.15, 0.2) is 0 Å². The van der Waals surface area contributed by atoms with Gasteiger partial charge in [-0.2, -0.15) is 0 Å². The molecule has 0 radical (unpaired) electrons. The van der Waals surface area contributed by atoms with Crippen molar-refractivity contribution in [3.63, 3.8) is 0 Å². The molecule has 7 heteroatoms. The summed E-state index contributed by atoms with van der Waals surface area (Å²) in [5.41, 5.74) is 0.737. The predicted molar refractivity (Wildman–Crippen MR) is 96.1 cm³/mol. The van der Waals surface area contributed by atoms with E-state index in [1.165, 1.54) is 0 Å². The molecule has 0 saturated carbocycles. The highest BCUT2D eigenvalue weighted by molar-refractivity contribution is 8.18. The first-order valence-electron chi connectivity index (χ1n) is 8.35. The number of carbonyl (C=O) groups excluding carboxylic acids is 3. The van der Waals surface area contributed by atoms with Crippen LogP contribution < -0.4 is 4.74 Å². The van der Waals surface area contributed by atoms with Crippen LogP contribution in [0.4, 0.5) is 4.79 Å². The van der Waals surface area contributed by atoms with Gasteiger partial charge in [-0.3, -0.25) is 19.3 Å². The molecule has 0 bridgehead atoms. The minimum Gasteiger partial charge on any atom is -0.493 e. The first-order chi connectivity index (χ1) is 12.1. The number of likely N-dealkylation sites (tertiary alicyclic amines) is 1. The molecule has 132 valence electrons. The number of hydrogen-bond acceptors (Lipinski definition) is 5. The van der Waals surface area contributed by atoms with E-state index in [1.807, 2.05) is 31.2 Å². The number of carbonyl (C=O) groups is 3. The van der Waals surface area contributed by atoms with Crippen molar-refractivity contribution < 1.29 is 19.1 Å². The van der Waals surface area contributed by atoms with E-state index in [2.05, 4.69) is 0 Å². The van der Waals surface area contributed by atoms with Crippen molar-refractivity contribution in [1.82, 2.24) is 9.80 Å². The molecule has 0 spiro atoms. The van der Waals surface area contributed by atoms with Crippen molar-refractivity contribution in [1.29, 1.82) is 0 Å². The molecule has 3 amide bonds. The van der Waals surface area contributed by atoms with Crippen molar-refractivity contribution in [2.24, 2.45) is 0 Å². The normalized spacial score (nSPS) is 19.2. The monoisotopic (exact) mass is 360 g/mol. The van der Waals surface area contributed by atoms with Crippen LogP contribution >= 0.6 is 11.8 Å². The van der Waals surface area contributed by atoms with Crippen LogP contribution in [0.15, 0.2) is 29.2 Å². The molecule has 0 aliphatic carbocycles.